The summed E-state index contributed by atoms with van der Waals surface area (Å²) in [6.45, 7) is 2.59. The van der Waals surface area contributed by atoms with Crippen molar-refractivity contribution in [3.05, 3.63) is 59.4 Å². The van der Waals surface area contributed by atoms with Crippen molar-refractivity contribution in [1.82, 2.24) is 15.5 Å². The Morgan fingerprint density at radius 2 is 2.04 bits per heavy atom. The first-order chi connectivity index (χ1) is 12.2. The van der Waals surface area contributed by atoms with Gasteiger partial charge in [0.05, 0.1) is 0 Å². The highest BCUT2D eigenvalue weighted by Crippen LogP contribution is 2.35. The van der Waals surface area contributed by atoms with E-state index in [0.717, 1.165) is 11.1 Å². The molecular formula is C18H15N3O4. The maximum absolute atomic E-state index is 12.2. The van der Waals surface area contributed by atoms with Crippen LogP contribution in [0, 0.1) is 6.92 Å². The SMILES string of the molecule is Cc1cccc(CNC(=O)c2noc(-c3ccc4c(c3)OCO4)n2)c1. The zero-order chi connectivity index (χ0) is 17.2. The number of nitrogens with zero attached hydrogens (tertiary/aromatic N) is 2. The normalized spacial score (nSPS) is 12.2. The molecule has 1 amide bonds. The summed E-state index contributed by atoms with van der Waals surface area (Å²) < 4.78 is 15.8. The zero-order valence-electron chi connectivity index (χ0n) is 13.5. The third-order valence-electron chi connectivity index (χ3n) is 3.78. The molecule has 0 spiro atoms. The molecule has 25 heavy (non-hydrogen) atoms. The smallest absolute Gasteiger partial charge is 0.292 e. The van der Waals surface area contributed by atoms with Gasteiger partial charge in [0.15, 0.2) is 11.5 Å². The highest BCUT2D eigenvalue weighted by Gasteiger charge is 2.19. The molecule has 0 atom stereocenters. The number of fused-ring (bicyclic) bond motifs is 1. The van der Waals surface area contributed by atoms with Crippen LogP contribution >= 0.6 is 0 Å². The standard InChI is InChI=1S/C18H15N3O4/c1-11-3-2-4-12(7-11)9-19-17(22)16-20-18(25-21-16)13-5-6-14-15(8-13)24-10-23-14/h2-8H,9-10H2,1H3,(H,19,22). The third-order valence-corrected chi connectivity index (χ3v) is 3.78. The van der Waals surface area contributed by atoms with Gasteiger partial charge in [-0.15, -0.1) is 0 Å². The van der Waals surface area contributed by atoms with Crippen molar-refractivity contribution in [2.24, 2.45) is 0 Å². The van der Waals surface area contributed by atoms with Crippen molar-refractivity contribution in [3.63, 3.8) is 0 Å². The first-order valence-corrected chi connectivity index (χ1v) is 7.76. The summed E-state index contributed by atoms with van der Waals surface area (Å²) in [6, 6.07) is 13.2. The van der Waals surface area contributed by atoms with Gasteiger partial charge in [0.2, 0.25) is 6.79 Å². The number of rotatable bonds is 4. The Morgan fingerprint density at radius 1 is 1.16 bits per heavy atom. The number of amides is 1. The number of nitrogens with one attached hydrogen (secondary N) is 1. The third kappa shape index (κ3) is 3.16. The molecule has 0 aliphatic carbocycles. The number of hydrogen-bond donors (Lipinski definition) is 1. The summed E-state index contributed by atoms with van der Waals surface area (Å²) in [4.78, 5) is 16.3. The van der Waals surface area contributed by atoms with Gasteiger partial charge in [-0.25, -0.2) is 0 Å². The van der Waals surface area contributed by atoms with Crippen molar-refractivity contribution in [2.75, 3.05) is 6.79 Å². The summed E-state index contributed by atoms with van der Waals surface area (Å²) in [7, 11) is 0. The second-order valence-corrected chi connectivity index (χ2v) is 5.66. The number of hydrogen-bond acceptors (Lipinski definition) is 6. The molecular weight excluding hydrogens is 322 g/mol. The molecule has 1 aliphatic rings. The van der Waals surface area contributed by atoms with Crippen molar-refractivity contribution in [1.29, 1.82) is 0 Å². The van der Waals surface area contributed by atoms with Gasteiger partial charge in [-0.2, -0.15) is 4.98 Å². The highest BCUT2D eigenvalue weighted by molar-refractivity contribution is 5.90. The minimum Gasteiger partial charge on any atom is -0.454 e. The van der Waals surface area contributed by atoms with E-state index in [1.807, 2.05) is 31.2 Å². The fourth-order valence-electron chi connectivity index (χ4n) is 2.55. The lowest BCUT2D eigenvalue weighted by Crippen LogP contribution is -2.23. The lowest BCUT2D eigenvalue weighted by Gasteiger charge is -2.03. The summed E-state index contributed by atoms with van der Waals surface area (Å²) in [5, 5.41) is 6.53. The van der Waals surface area contributed by atoms with E-state index in [2.05, 4.69) is 15.5 Å². The maximum atomic E-state index is 12.2. The van der Waals surface area contributed by atoms with Crippen LogP contribution in [0.15, 0.2) is 47.0 Å². The Labute approximate surface area is 143 Å². The molecule has 2 heterocycles. The second kappa shape index (κ2) is 6.27. The van der Waals surface area contributed by atoms with Crippen LogP contribution in [0.2, 0.25) is 0 Å². The van der Waals surface area contributed by atoms with Gasteiger partial charge >= 0.3 is 0 Å². The largest absolute Gasteiger partial charge is 0.454 e. The van der Waals surface area contributed by atoms with Crippen LogP contribution in [0.3, 0.4) is 0 Å². The minimum atomic E-state index is -0.391. The zero-order valence-corrected chi connectivity index (χ0v) is 13.5. The topological polar surface area (TPSA) is 86.5 Å². The maximum Gasteiger partial charge on any atom is 0.292 e. The van der Waals surface area contributed by atoms with Gasteiger partial charge in [-0.1, -0.05) is 35.0 Å². The Hall–Kier alpha value is -3.35. The Bertz CT molecular complexity index is 936. The van der Waals surface area contributed by atoms with Crippen molar-refractivity contribution in [3.8, 4) is 23.0 Å². The highest BCUT2D eigenvalue weighted by atomic mass is 16.7. The Balaban J connectivity index is 1.46. The van der Waals surface area contributed by atoms with Gasteiger partial charge in [-0.05, 0) is 30.7 Å². The molecule has 1 N–H and O–H groups in total. The van der Waals surface area contributed by atoms with E-state index in [1.54, 1.807) is 18.2 Å². The molecule has 0 unspecified atom stereocenters. The molecule has 0 saturated heterocycles. The van der Waals surface area contributed by atoms with Gasteiger partial charge in [-0.3, -0.25) is 4.79 Å². The number of carbonyl (C=O) groups excluding carboxylic acids is 1. The van der Waals surface area contributed by atoms with Crippen molar-refractivity contribution in [2.45, 2.75) is 13.5 Å². The number of carbonyl (C=O) groups is 1. The van der Waals surface area contributed by atoms with Crippen LogP contribution in [0.4, 0.5) is 0 Å². The van der Waals surface area contributed by atoms with Crippen LogP contribution < -0.4 is 14.8 Å². The summed E-state index contributed by atoms with van der Waals surface area (Å²) in [5.41, 5.74) is 2.80. The molecule has 7 nitrogen and oxygen atoms in total. The van der Waals surface area contributed by atoms with E-state index in [-0.39, 0.29) is 18.5 Å². The lowest BCUT2D eigenvalue weighted by molar-refractivity contribution is 0.0937. The summed E-state index contributed by atoms with van der Waals surface area (Å²) >= 11 is 0. The molecule has 3 aromatic rings. The summed E-state index contributed by atoms with van der Waals surface area (Å²) in [5.74, 6) is 1.12. The first kappa shape index (κ1) is 15.2. The number of aromatic nitrogens is 2. The van der Waals surface area contributed by atoms with E-state index in [4.69, 9.17) is 14.0 Å². The molecule has 0 fully saturated rings. The van der Waals surface area contributed by atoms with Crippen LogP contribution in [0.1, 0.15) is 21.7 Å². The number of aryl methyl sites for hydroxylation is 1. The van der Waals surface area contributed by atoms with Gasteiger partial charge in [0.25, 0.3) is 17.6 Å². The van der Waals surface area contributed by atoms with Gasteiger partial charge in [0.1, 0.15) is 0 Å². The fraction of sp³-hybridized carbons (Fsp3) is 0.167. The molecule has 7 heteroatoms. The van der Waals surface area contributed by atoms with Crippen molar-refractivity contribution >= 4 is 5.91 Å². The van der Waals surface area contributed by atoms with E-state index < -0.39 is 5.91 Å². The predicted molar refractivity (Wildman–Crippen MR) is 88.2 cm³/mol. The van der Waals surface area contributed by atoms with Gasteiger partial charge in [0, 0.05) is 12.1 Å². The van der Waals surface area contributed by atoms with E-state index in [9.17, 15) is 4.79 Å². The number of benzene rings is 2. The average molecular weight is 337 g/mol. The summed E-state index contributed by atoms with van der Waals surface area (Å²) in [6.07, 6.45) is 0. The second-order valence-electron chi connectivity index (χ2n) is 5.66. The fourth-order valence-corrected chi connectivity index (χ4v) is 2.55. The van der Waals surface area contributed by atoms with Crippen molar-refractivity contribution < 1.29 is 18.8 Å². The monoisotopic (exact) mass is 337 g/mol. The van der Waals surface area contributed by atoms with Crippen LogP contribution in [-0.4, -0.2) is 22.8 Å². The quantitative estimate of drug-likeness (QED) is 0.788. The lowest BCUT2D eigenvalue weighted by atomic mass is 10.1. The van der Waals surface area contributed by atoms with E-state index in [0.29, 0.717) is 23.6 Å². The molecule has 0 saturated carbocycles. The van der Waals surface area contributed by atoms with E-state index >= 15 is 0 Å². The molecule has 0 radical (unpaired) electrons. The van der Waals surface area contributed by atoms with E-state index in [1.165, 1.54) is 0 Å². The molecule has 4 rings (SSSR count). The molecule has 126 valence electrons. The Kier molecular flexibility index (Phi) is 3.81. The first-order valence-electron chi connectivity index (χ1n) is 7.76. The number of ether oxygens (including phenoxy) is 2. The van der Waals surface area contributed by atoms with Gasteiger partial charge < -0.3 is 19.3 Å². The Morgan fingerprint density at radius 3 is 2.92 bits per heavy atom. The molecule has 1 aromatic heterocycles. The van der Waals surface area contributed by atoms with Crippen LogP contribution in [0.25, 0.3) is 11.5 Å². The average Bonchev–Trinajstić information content (AvgIpc) is 3.28. The molecule has 0 bridgehead atoms. The molecule has 1 aliphatic heterocycles. The minimum absolute atomic E-state index is 0.0136. The van der Waals surface area contributed by atoms with Crippen LogP contribution in [-0.2, 0) is 6.54 Å². The predicted octanol–water partition coefficient (Wildman–Crippen LogP) is 2.70. The van der Waals surface area contributed by atoms with Crippen LogP contribution in [0.5, 0.6) is 11.5 Å². The molecule has 2 aromatic carbocycles.